The van der Waals surface area contributed by atoms with Crippen LogP contribution >= 0.6 is 34.8 Å². The first-order valence-corrected chi connectivity index (χ1v) is 12.5. The molecule has 8 heteroatoms. The highest BCUT2D eigenvalue weighted by Crippen LogP contribution is 2.27. The number of ether oxygens (including phenoxy) is 1. The molecule has 0 bridgehead atoms. The van der Waals surface area contributed by atoms with Gasteiger partial charge in [0.15, 0.2) is 0 Å². The van der Waals surface area contributed by atoms with Crippen LogP contribution in [0.3, 0.4) is 0 Å². The first-order chi connectivity index (χ1) is 17.8. The lowest BCUT2D eigenvalue weighted by atomic mass is 10.0. The standard InChI is InChI=1S/C29H22Cl3NO4/c30-21-9-12-23(13-10-21)37-24-8-4-7-20(15-24)18-33(28(34)25-14-11-22(31)17-26(25)32)27(29(35)36)16-19-5-2-1-3-6-19/h1-15,17,27H,16,18H2,(H,35,36). The van der Waals surface area contributed by atoms with Gasteiger partial charge in [-0.15, -0.1) is 0 Å². The van der Waals surface area contributed by atoms with E-state index in [1.807, 2.05) is 30.3 Å². The van der Waals surface area contributed by atoms with Crippen LogP contribution in [-0.4, -0.2) is 27.9 Å². The third kappa shape index (κ3) is 7.04. The number of carboxylic acid groups (broad SMARTS) is 1. The van der Waals surface area contributed by atoms with Crippen LogP contribution in [0.25, 0.3) is 0 Å². The fourth-order valence-corrected chi connectivity index (χ4v) is 4.47. The molecule has 5 nitrogen and oxygen atoms in total. The minimum Gasteiger partial charge on any atom is -0.480 e. The lowest BCUT2D eigenvalue weighted by Crippen LogP contribution is -2.46. The first kappa shape index (κ1) is 26.6. The molecule has 0 aliphatic heterocycles. The molecule has 188 valence electrons. The van der Waals surface area contributed by atoms with Crippen LogP contribution in [-0.2, 0) is 17.8 Å². The lowest BCUT2D eigenvalue weighted by Gasteiger charge is -2.30. The molecule has 0 saturated carbocycles. The normalized spacial score (nSPS) is 11.5. The van der Waals surface area contributed by atoms with Gasteiger partial charge in [0.05, 0.1) is 10.6 Å². The highest BCUT2D eigenvalue weighted by molar-refractivity contribution is 6.36. The van der Waals surface area contributed by atoms with Crippen molar-refractivity contribution in [1.29, 1.82) is 0 Å². The molecule has 0 aromatic heterocycles. The van der Waals surface area contributed by atoms with Crippen molar-refractivity contribution in [3.8, 4) is 11.5 Å². The van der Waals surface area contributed by atoms with Crippen molar-refractivity contribution in [3.63, 3.8) is 0 Å². The van der Waals surface area contributed by atoms with Gasteiger partial charge in [-0.3, -0.25) is 4.79 Å². The molecule has 1 atom stereocenters. The summed E-state index contributed by atoms with van der Waals surface area (Å²) in [6, 6.07) is 26.6. The Bertz CT molecular complexity index is 1390. The molecule has 0 aliphatic carbocycles. The van der Waals surface area contributed by atoms with Crippen LogP contribution in [0.1, 0.15) is 21.5 Å². The van der Waals surface area contributed by atoms with Gasteiger partial charge in [-0.2, -0.15) is 0 Å². The number of rotatable bonds is 9. The molecule has 37 heavy (non-hydrogen) atoms. The van der Waals surface area contributed by atoms with Crippen molar-refractivity contribution in [1.82, 2.24) is 4.90 Å². The van der Waals surface area contributed by atoms with Gasteiger partial charge in [0.25, 0.3) is 5.91 Å². The molecule has 0 spiro atoms. The number of hydrogen-bond acceptors (Lipinski definition) is 3. The third-order valence-electron chi connectivity index (χ3n) is 5.66. The number of aliphatic carboxylic acids is 1. The van der Waals surface area contributed by atoms with Gasteiger partial charge in [-0.25, -0.2) is 4.79 Å². The van der Waals surface area contributed by atoms with E-state index in [2.05, 4.69) is 0 Å². The number of carboxylic acids is 1. The second kappa shape index (κ2) is 12.2. The maximum absolute atomic E-state index is 13.7. The molecular formula is C29H22Cl3NO4. The zero-order chi connectivity index (χ0) is 26.4. The lowest BCUT2D eigenvalue weighted by molar-refractivity contribution is -0.142. The van der Waals surface area contributed by atoms with Crippen molar-refractivity contribution in [3.05, 3.63) is 129 Å². The Hall–Kier alpha value is -3.51. The molecule has 0 aliphatic rings. The number of carbonyl (C=O) groups is 2. The summed E-state index contributed by atoms with van der Waals surface area (Å²) in [5.74, 6) is -0.522. The fourth-order valence-electron chi connectivity index (χ4n) is 3.85. The summed E-state index contributed by atoms with van der Waals surface area (Å²) in [5.41, 5.74) is 1.64. The largest absolute Gasteiger partial charge is 0.480 e. The Balaban J connectivity index is 1.68. The molecule has 4 rings (SSSR count). The topological polar surface area (TPSA) is 66.8 Å². The summed E-state index contributed by atoms with van der Waals surface area (Å²) in [6.45, 7) is 0.0133. The zero-order valence-corrected chi connectivity index (χ0v) is 21.8. The number of nitrogens with zero attached hydrogens (tertiary/aromatic N) is 1. The smallest absolute Gasteiger partial charge is 0.326 e. The molecular weight excluding hydrogens is 533 g/mol. The number of amides is 1. The zero-order valence-electron chi connectivity index (χ0n) is 19.5. The van der Waals surface area contributed by atoms with Gasteiger partial charge < -0.3 is 14.7 Å². The van der Waals surface area contributed by atoms with Crippen LogP contribution < -0.4 is 4.74 Å². The van der Waals surface area contributed by atoms with Crippen LogP contribution in [0.5, 0.6) is 11.5 Å². The fraction of sp³-hybridized carbons (Fsp3) is 0.103. The van der Waals surface area contributed by atoms with Crippen LogP contribution in [0.4, 0.5) is 0 Å². The van der Waals surface area contributed by atoms with E-state index in [9.17, 15) is 14.7 Å². The van der Waals surface area contributed by atoms with Gasteiger partial charge in [0, 0.05) is 23.0 Å². The summed E-state index contributed by atoms with van der Waals surface area (Å²) in [7, 11) is 0. The Kier molecular flexibility index (Phi) is 8.72. The van der Waals surface area contributed by atoms with Crippen LogP contribution in [0, 0.1) is 0 Å². The Morgan fingerprint density at radius 1 is 0.757 bits per heavy atom. The number of halogens is 3. The van der Waals surface area contributed by atoms with Crippen molar-refractivity contribution in [2.24, 2.45) is 0 Å². The Labute approximate surface area is 229 Å². The van der Waals surface area contributed by atoms with Crippen LogP contribution in [0.15, 0.2) is 97.1 Å². The van der Waals surface area contributed by atoms with E-state index >= 15 is 0 Å². The first-order valence-electron chi connectivity index (χ1n) is 11.4. The Morgan fingerprint density at radius 2 is 1.43 bits per heavy atom. The summed E-state index contributed by atoms with van der Waals surface area (Å²) in [4.78, 5) is 27.5. The molecule has 4 aromatic rings. The third-order valence-corrected chi connectivity index (χ3v) is 6.46. The van der Waals surface area contributed by atoms with E-state index < -0.39 is 17.9 Å². The summed E-state index contributed by atoms with van der Waals surface area (Å²) in [6.07, 6.45) is 0.119. The molecule has 1 amide bonds. The van der Waals surface area contributed by atoms with Crippen LogP contribution in [0.2, 0.25) is 15.1 Å². The second-order valence-corrected chi connectivity index (χ2v) is 9.58. The maximum atomic E-state index is 13.7. The van der Waals surface area contributed by atoms with Gasteiger partial charge in [0.2, 0.25) is 0 Å². The average Bonchev–Trinajstić information content (AvgIpc) is 2.88. The molecule has 0 fully saturated rings. The van der Waals surface area contributed by atoms with Crippen molar-refractivity contribution in [2.45, 2.75) is 19.0 Å². The monoisotopic (exact) mass is 553 g/mol. The molecule has 4 aromatic carbocycles. The molecule has 0 heterocycles. The van der Waals surface area contributed by atoms with Crippen molar-refractivity contribution >= 4 is 46.7 Å². The van der Waals surface area contributed by atoms with Crippen molar-refractivity contribution in [2.75, 3.05) is 0 Å². The van der Waals surface area contributed by atoms with Gasteiger partial charge >= 0.3 is 5.97 Å². The molecule has 1 N–H and O–H groups in total. The molecule has 1 unspecified atom stereocenters. The van der Waals surface area contributed by atoms with E-state index in [1.54, 1.807) is 54.6 Å². The minimum atomic E-state index is -1.15. The maximum Gasteiger partial charge on any atom is 0.326 e. The number of benzene rings is 4. The van der Waals surface area contributed by atoms with E-state index in [-0.39, 0.29) is 23.6 Å². The SMILES string of the molecule is O=C(O)C(Cc1ccccc1)N(Cc1cccc(Oc2ccc(Cl)cc2)c1)C(=O)c1ccc(Cl)cc1Cl. The highest BCUT2D eigenvalue weighted by Gasteiger charge is 2.32. The predicted molar refractivity (Wildman–Crippen MR) is 146 cm³/mol. The number of hydrogen-bond donors (Lipinski definition) is 1. The summed E-state index contributed by atoms with van der Waals surface area (Å²) >= 11 is 18.3. The summed E-state index contributed by atoms with van der Waals surface area (Å²) < 4.78 is 5.92. The van der Waals surface area contributed by atoms with E-state index in [0.29, 0.717) is 27.1 Å². The predicted octanol–water partition coefficient (Wildman–Crippen LogP) is 7.78. The number of carbonyl (C=O) groups excluding carboxylic acids is 1. The minimum absolute atomic E-state index is 0.0133. The van der Waals surface area contributed by atoms with E-state index in [4.69, 9.17) is 39.5 Å². The molecule has 0 saturated heterocycles. The highest BCUT2D eigenvalue weighted by atomic mass is 35.5. The van der Waals surface area contributed by atoms with E-state index in [0.717, 1.165) is 5.56 Å². The van der Waals surface area contributed by atoms with Gasteiger partial charge in [-0.1, -0.05) is 77.3 Å². The summed E-state index contributed by atoms with van der Waals surface area (Å²) in [5, 5.41) is 11.3. The quantitative estimate of drug-likeness (QED) is 0.229. The average molecular weight is 555 g/mol. The Morgan fingerprint density at radius 3 is 2.11 bits per heavy atom. The van der Waals surface area contributed by atoms with E-state index in [1.165, 1.54) is 17.0 Å². The molecule has 0 radical (unpaired) electrons. The van der Waals surface area contributed by atoms with Gasteiger partial charge in [0.1, 0.15) is 17.5 Å². The van der Waals surface area contributed by atoms with Gasteiger partial charge in [-0.05, 0) is 65.7 Å². The van der Waals surface area contributed by atoms with Crippen molar-refractivity contribution < 1.29 is 19.4 Å². The second-order valence-electron chi connectivity index (χ2n) is 8.30.